The van der Waals surface area contributed by atoms with Crippen molar-refractivity contribution < 1.29 is 22.8 Å². The molecule has 0 aliphatic carbocycles. The molecule has 20 heavy (non-hydrogen) atoms. The second kappa shape index (κ2) is 6.27. The van der Waals surface area contributed by atoms with Crippen molar-refractivity contribution >= 4 is 23.0 Å². The monoisotopic (exact) mass is 312 g/mol. The molecule has 0 saturated carbocycles. The highest BCUT2D eigenvalue weighted by atomic mass is 35.5. The first-order valence-corrected chi connectivity index (χ1v) is 5.85. The Morgan fingerprint density at radius 2 is 2.10 bits per heavy atom. The Morgan fingerprint density at radius 1 is 1.50 bits per heavy atom. The van der Waals surface area contributed by atoms with Gasteiger partial charge < -0.3 is 10.1 Å². The number of benzene rings is 1. The molecule has 0 amide bonds. The molecule has 0 aliphatic rings. The molecule has 0 aliphatic heterocycles. The number of methoxy groups -OCH3 is 1. The quantitative estimate of drug-likeness (QED) is 0.665. The highest BCUT2D eigenvalue weighted by Crippen LogP contribution is 2.40. The fourth-order valence-corrected chi connectivity index (χ4v) is 1.87. The number of nitrogens with one attached hydrogen (secondary N) is 1. The molecule has 1 rings (SSSR count). The van der Waals surface area contributed by atoms with Crippen molar-refractivity contribution in [2.45, 2.75) is 19.1 Å². The molecular weight excluding hydrogens is 301 g/mol. The first-order valence-electron chi connectivity index (χ1n) is 5.47. The number of hydrogen-bond donors (Lipinski definition) is 1. The summed E-state index contributed by atoms with van der Waals surface area (Å²) in [6.45, 7) is 1.90. The van der Waals surface area contributed by atoms with Gasteiger partial charge in [-0.05, 0) is 13.0 Å². The predicted molar refractivity (Wildman–Crippen MR) is 68.1 cm³/mol. The first-order chi connectivity index (χ1) is 9.16. The summed E-state index contributed by atoms with van der Waals surface area (Å²) >= 11 is 5.54. The lowest BCUT2D eigenvalue weighted by molar-refractivity contribution is -0.384. The van der Waals surface area contributed by atoms with Crippen molar-refractivity contribution in [2.24, 2.45) is 0 Å². The van der Waals surface area contributed by atoms with Gasteiger partial charge in [0.25, 0.3) is 5.69 Å². The van der Waals surface area contributed by atoms with Crippen LogP contribution < -0.4 is 5.32 Å². The maximum atomic E-state index is 12.7. The Morgan fingerprint density at radius 3 is 2.55 bits per heavy atom. The number of nitro groups is 1. The van der Waals surface area contributed by atoms with Gasteiger partial charge in [-0.3, -0.25) is 10.1 Å². The zero-order valence-corrected chi connectivity index (χ0v) is 11.4. The molecule has 0 bridgehead atoms. The first kappa shape index (κ1) is 16.5. The number of nitro benzene ring substituents is 1. The molecule has 1 atom stereocenters. The van der Waals surface area contributed by atoms with Crippen LogP contribution >= 0.6 is 11.6 Å². The van der Waals surface area contributed by atoms with Crippen LogP contribution in [0.15, 0.2) is 12.1 Å². The lowest BCUT2D eigenvalue weighted by Gasteiger charge is -2.16. The van der Waals surface area contributed by atoms with Crippen LogP contribution in [0.3, 0.4) is 0 Å². The second-order valence-corrected chi connectivity index (χ2v) is 4.51. The Kier molecular flexibility index (Phi) is 5.18. The topological polar surface area (TPSA) is 64.4 Å². The van der Waals surface area contributed by atoms with Crippen LogP contribution in [0.4, 0.5) is 24.5 Å². The van der Waals surface area contributed by atoms with Crippen LogP contribution in [0.25, 0.3) is 0 Å². The summed E-state index contributed by atoms with van der Waals surface area (Å²) in [6, 6.07) is 0.991. The van der Waals surface area contributed by atoms with Gasteiger partial charge in [-0.2, -0.15) is 13.2 Å². The number of hydrogen-bond acceptors (Lipinski definition) is 4. The maximum absolute atomic E-state index is 12.7. The zero-order chi connectivity index (χ0) is 15.5. The number of rotatable bonds is 5. The third kappa shape index (κ3) is 3.97. The SMILES string of the molecule is COCC(C)Nc1cc(Cl)c(C(F)(F)F)cc1[N+](=O)[O-]. The van der Waals surface area contributed by atoms with E-state index in [9.17, 15) is 23.3 Å². The van der Waals surface area contributed by atoms with E-state index < -0.39 is 27.4 Å². The lowest BCUT2D eigenvalue weighted by atomic mass is 10.1. The van der Waals surface area contributed by atoms with E-state index in [0.717, 1.165) is 6.07 Å². The fourth-order valence-electron chi connectivity index (χ4n) is 1.60. The molecule has 1 N–H and O–H groups in total. The average Bonchev–Trinajstić information content (AvgIpc) is 2.26. The van der Waals surface area contributed by atoms with Gasteiger partial charge in [-0.1, -0.05) is 11.6 Å². The summed E-state index contributed by atoms with van der Waals surface area (Å²) in [5.74, 6) is 0. The van der Waals surface area contributed by atoms with Crippen molar-refractivity contribution in [1.82, 2.24) is 0 Å². The minimum Gasteiger partial charge on any atom is -0.383 e. The third-order valence-electron chi connectivity index (χ3n) is 2.41. The third-order valence-corrected chi connectivity index (χ3v) is 2.72. The minimum atomic E-state index is -4.75. The van der Waals surface area contributed by atoms with Crippen LogP contribution in [-0.4, -0.2) is 24.7 Å². The van der Waals surface area contributed by atoms with Crippen molar-refractivity contribution in [3.8, 4) is 0 Å². The van der Waals surface area contributed by atoms with E-state index in [4.69, 9.17) is 16.3 Å². The van der Waals surface area contributed by atoms with Crippen molar-refractivity contribution in [3.63, 3.8) is 0 Å². The number of nitrogens with zero attached hydrogens (tertiary/aromatic N) is 1. The Bertz CT molecular complexity index is 508. The van der Waals surface area contributed by atoms with E-state index in [1.54, 1.807) is 6.92 Å². The van der Waals surface area contributed by atoms with Gasteiger partial charge in [-0.25, -0.2) is 0 Å². The molecule has 0 aromatic heterocycles. The molecular formula is C11H12ClF3N2O3. The molecule has 0 radical (unpaired) electrons. The standard InChI is InChI=1S/C11H12ClF3N2O3/c1-6(5-20-2)16-9-4-8(12)7(11(13,14)15)3-10(9)17(18)19/h3-4,6,16H,5H2,1-2H3. The number of ether oxygens (including phenoxy) is 1. The predicted octanol–water partition coefficient (Wildman–Crippen LogP) is 3.71. The summed E-state index contributed by atoms with van der Waals surface area (Å²) in [5.41, 5.74) is -2.02. The molecule has 0 heterocycles. The smallest absolute Gasteiger partial charge is 0.383 e. The Balaban J connectivity index is 3.25. The maximum Gasteiger partial charge on any atom is 0.418 e. The van der Waals surface area contributed by atoms with Crippen LogP contribution in [0, 0.1) is 10.1 Å². The van der Waals surface area contributed by atoms with Gasteiger partial charge in [0, 0.05) is 19.2 Å². The normalized spacial score (nSPS) is 13.1. The molecule has 1 unspecified atom stereocenters. The minimum absolute atomic E-state index is 0.0856. The summed E-state index contributed by atoms with van der Waals surface area (Å²) in [5, 5.41) is 13.0. The van der Waals surface area contributed by atoms with Crippen LogP contribution in [-0.2, 0) is 10.9 Å². The van der Waals surface area contributed by atoms with E-state index in [1.165, 1.54) is 7.11 Å². The van der Waals surface area contributed by atoms with E-state index in [-0.39, 0.29) is 18.3 Å². The van der Waals surface area contributed by atoms with E-state index >= 15 is 0 Å². The Hall–Kier alpha value is -1.54. The van der Waals surface area contributed by atoms with E-state index in [2.05, 4.69) is 5.32 Å². The highest BCUT2D eigenvalue weighted by Gasteiger charge is 2.36. The van der Waals surface area contributed by atoms with E-state index in [1.807, 2.05) is 0 Å². The lowest BCUT2D eigenvalue weighted by Crippen LogP contribution is -2.21. The number of alkyl halides is 3. The second-order valence-electron chi connectivity index (χ2n) is 4.10. The molecule has 5 nitrogen and oxygen atoms in total. The molecule has 1 aromatic carbocycles. The molecule has 1 aromatic rings. The largest absolute Gasteiger partial charge is 0.418 e. The van der Waals surface area contributed by atoms with Gasteiger partial charge in [0.05, 0.1) is 22.1 Å². The van der Waals surface area contributed by atoms with Gasteiger partial charge >= 0.3 is 6.18 Å². The van der Waals surface area contributed by atoms with Gasteiger partial charge in [0.15, 0.2) is 0 Å². The molecule has 0 saturated heterocycles. The molecule has 112 valence electrons. The highest BCUT2D eigenvalue weighted by molar-refractivity contribution is 6.31. The van der Waals surface area contributed by atoms with Crippen LogP contribution in [0.5, 0.6) is 0 Å². The van der Waals surface area contributed by atoms with Crippen molar-refractivity contribution in [1.29, 1.82) is 0 Å². The van der Waals surface area contributed by atoms with Crippen LogP contribution in [0.1, 0.15) is 12.5 Å². The van der Waals surface area contributed by atoms with Gasteiger partial charge in [0.1, 0.15) is 5.69 Å². The zero-order valence-electron chi connectivity index (χ0n) is 10.6. The summed E-state index contributed by atoms with van der Waals surface area (Å²) in [7, 11) is 1.44. The molecule has 0 spiro atoms. The molecule has 9 heteroatoms. The number of halogens is 4. The Labute approximate surface area is 117 Å². The summed E-state index contributed by atoms with van der Waals surface area (Å²) in [6.07, 6.45) is -4.75. The van der Waals surface area contributed by atoms with Crippen molar-refractivity contribution in [3.05, 3.63) is 32.8 Å². The van der Waals surface area contributed by atoms with Crippen LogP contribution in [0.2, 0.25) is 5.02 Å². The van der Waals surface area contributed by atoms with Crippen molar-refractivity contribution in [2.75, 3.05) is 19.0 Å². The number of anilines is 1. The fraction of sp³-hybridized carbons (Fsp3) is 0.455. The average molecular weight is 313 g/mol. The van der Waals surface area contributed by atoms with Gasteiger partial charge in [0.2, 0.25) is 0 Å². The van der Waals surface area contributed by atoms with E-state index in [0.29, 0.717) is 6.07 Å². The van der Waals surface area contributed by atoms with Gasteiger partial charge in [-0.15, -0.1) is 0 Å². The summed E-state index contributed by atoms with van der Waals surface area (Å²) < 4.78 is 42.8. The summed E-state index contributed by atoms with van der Waals surface area (Å²) in [4.78, 5) is 9.98. The molecule has 0 fully saturated rings.